The molecule has 2 aromatic rings. The first-order valence-electron chi connectivity index (χ1n) is 8.92. The summed E-state index contributed by atoms with van der Waals surface area (Å²) >= 11 is 0. The molecule has 29 heavy (non-hydrogen) atoms. The molecule has 8 nitrogen and oxygen atoms in total. The van der Waals surface area contributed by atoms with Crippen molar-refractivity contribution >= 4 is 17.5 Å². The fourth-order valence-corrected chi connectivity index (χ4v) is 2.47. The topological polar surface area (TPSA) is 98.2 Å². The lowest BCUT2D eigenvalue weighted by molar-refractivity contribution is -0.120. The Morgan fingerprint density at radius 2 is 1.62 bits per heavy atom. The number of benzene rings is 2. The van der Waals surface area contributed by atoms with Gasteiger partial charge in [0.1, 0.15) is 5.75 Å². The van der Waals surface area contributed by atoms with Crippen LogP contribution in [0.15, 0.2) is 47.6 Å². The second-order valence-electron chi connectivity index (χ2n) is 6.16. The molecule has 2 N–H and O–H groups in total. The van der Waals surface area contributed by atoms with Crippen molar-refractivity contribution in [2.24, 2.45) is 5.10 Å². The van der Waals surface area contributed by atoms with Crippen molar-refractivity contribution < 1.29 is 23.8 Å². The Morgan fingerprint density at radius 1 is 0.931 bits per heavy atom. The number of rotatable bonds is 9. The van der Waals surface area contributed by atoms with Crippen molar-refractivity contribution in [3.8, 4) is 17.2 Å². The molecule has 2 rings (SSSR count). The summed E-state index contributed by atoms with van der Waals surface area (Å²) in [6.45, 7) is 2.07. The van der Waals surface area contributed by atoms with E-state index in [0.717, 1.165) is 11.3 Å². The third-order valence-corrected chi connectivity index (χ3v) is 4.06. The first-order valence-corrected chi connectivity index (χ1v) is 8.92. The number of hydrogen-bond acceptors (Lipinski definition) is 6. The van der Waals surface area contributed by atoms with Crippen LogP contribution in [0.2, 0.25) is 0 Å². The summed E-state index contributed by atoms with van der Waals surface area (Å²) in [5.74, 6) is 1.12. The first kappa shape index (κ1) is 21.7. The quantitative estimate of drug-likeness (QED) is 0.499. The van der Waals surface area contributed by atoms with Crippen LogP contribution >= 0.6 is 0 Å². The summed E-state index contributed by atoms with van der Waals surface area (Å²) in [6, 6.07) is 12.2. The summed E-state index contributed by atoms with van der Waals surface area (Å²) in [6.07, 6.45) is 0.0718. The van der Waals surface area contributed by atoms with E-state index in [2.05, 4.69) is 15.8 Å². The highest BCUT2D eigenvalue weighted by Gasteiger charge is 2.11. The average molecular weight is 399 g/mol. The van der Waals surface area contributed by atoms with E-state index in [0.29, 0.717) is 29.3 Å². The Hall–Kier alpha value is -3.55. The van der Waals surface area contributed by atoms with E-state index in [9.17, 15) is 9.59 Å². The summed E-state index contributed by atoms with van der Waals surface area (Å²) in [7, 11) is 4.61. The van der Waals surface area contributed by atoms with Crippen molar-refractivity contribution in [1.29, 1.82) is 0 Å². The minimum Gasteiger partial charge on any atom is -0.497 e. The van der Waals surface area contributed by atoms with Gasteiger partial charge in [-0.05, 0) is 42.8 Å². The van der Waals surface area contributed by atoms with Crippen molar-refractivity contribution in [2.75, 3.05) is 21.3 Å². The molecule has 0 spiro atoms. The number of carbonyl (C=O) groups is 2. The van der Waals surface area contributed by atoms with Crippen LogP contribution in [0.25, 0.3) is 0 Å². The molecule has 0 aromatic heterocycles. The van der Waals surface area contributed by atoms with E-state index in [1.807, 2.05) is 24.3 Å². The molecule has 0 fully saturated rings. The van der Waals surface area contributed by atoms with E-state index >= 15 is 0 Å². The fourth-order valence-electron chi connectivity index (χ4n) is 2.47. The van der Waals surface area contributed by atoms with Crippen LogP contribution in [0.5, 0.6) is 17.2 Å². The molecule has 0 saturated carbocycles. The molecule has 0 radical (unpaired) electrons. The van der Waals surface area contributed by atoms with E-state index in [-0.39, 0.29) is 12.3 Å². The number of hydrazone groups is 1. The van der Waals surface area contributed by atoms with E-state index in [1.54, 1.807) is 32.2 Å². The van der Waals surface area contributed by atoms with Crippen molar-refractivity contribution in [3.05, 3.63) is 53.6 Å². The molecule has 0 bridgehead atoms. The lowest BCUT2D eigenvalue weighted by Crippen LogP contribution is -2.26. The predicted molar refractivity (Wildman–Crippen MR) is 110 cm³/mol. The Bertz CT molecular complexity index is 878. The predicted octanol–water partition coefficient (Wildman–Crippen LogP) is 2.52. The normalized spacial score (nSPS) is 10.8. The average Bonchev–Trinajstić information content (AvgIpc) is 2.75. The standard InChI is InChI=1S/C21H25N3O5/c1-14(11-20(25)22-13-15-5-8-17(27-2)9-6-15)23-24-21(26)16-7-10-18(28-3)19(12-16)29-4/h5-10,12H,11,13H2,1-4H3,(H,22,25)(H,24,26)/b23-14+. The zero-order chi connectivity index (χ0) is 21.2. The number of ether oxygens (including phenoxy) is 3. The molecule has 0 aliphatic heterocycles. The van der Waals surface area contributed by atoms with Gasteiger partial charge in [0.25, 0.3) is 5.91 Å². The van der Waals surface area contributed by atoms with Crippen molar-refractivity contribution in [3.63, 3.8) is 0 Å². The number of amides is 2. The number of nitrogens with zero attached hydrogens (tertiary/aromatic N) is 1. The lowest BCUT2D eigenvalue weighted by Gasteiger charge is -2.09. The minimum absolute atomic E-state index is 0.0718. The summed E-state index contributed by atoms with van der Waals surface area (Å²) < 4.78 is 15.4. The van der Waals surface area contributed by atoms with E-state index in [1.165, 1.54) is 14.2 Å². The molecule has 154 valence electrons. The van der Waals surface area contributed by atoms with Gasteiger partial charge in [-0.15, -0.1) is 0 Å². The Balaban J connectivity index is 1.85. The van der Waals surface area contributed by atoms with Gasteiger partial charge in [-0.3, -0.25) is 9.59 Å². The highest BCUT2D eigenvalue weighted by molar-refractivity contribution is 6.01. The second kappa shape index (κ2) is 10.7. The van der Waals surface area contributed by atoms with Gasteiger partial charge in [0.15, 0.2) is 11.5 Å². The third-order valence-electron chi connectivity index (χ3n) is 4.06. The molecule has 0 aliphatic rings. The van der Waals surface area contributed by atoms with Crippen molar-refractivity contribution in [2.45, 2.75) is 19.9 Å². The zero-order valence-corrected chi connectivity index (χ0v) is 16.9. The van der Waals surface area contributed by atoms with Gasteiger partial charge in [-0.1, -0.05) is 12.1 Å². The molecular weight excluding hydrogens is 374 g/mol. The second-order valence-corrected chi connectivity index (χ2v) is 6.16. The molecule has 2 amide bonds. The van der Waals surface area contributed by atoms with Crippen LogP contribution < -0.4 is 25.0 Å². The van der Waals surface area contributed by atoms with E-state index < -0.39 is 5.91 Å². The van der Waals surface area contributed by atoms with Crippen LogP contribution in [-0.4, -0.2) is 38.9 Å². The Labute approximate surface area is 169 Å². The highest BCUT2D eigenvalue weighted by Crippen LogP contribution is 2.27. The van der Waals surface area contributed by atoms with E-state index in [4.69, 9.17) is 14.2 Å². The third kappa shape index (κ3) is 6.53. The number of carbonyl (C=O) groups excluding carboxylic acids is 2. The molecule has 0 unspecified atom stereocenters. The summed E-state index contributed by atoms with van der Waals surface area (Å²) in [5, 5.41) is 6.79. The lowest BCUT2D eigenvalue weighted by atomic mass is 10.2. The highest BCUT2D eigenvalue weighted by atomic mass is 16.5. The molecule has 0 saturated heterocycles. The summed E-state index contributed by atoms with van der Waals surface area (Å²) in [4.78, 5) is 24.3. The molecule has 0 aliphatic carbocycles. The van der Waals surface area contributed by atoms with Gasteiger partial charge >= 0.3 is 0 Å². The van der Waals surface area contributed by atoms with Crippen LogP contribution in [-0.2, 0) is 11.3 Å². The largest absolute Gasteiger partial charge is 0.497 e. The van der Waals surface area contributed by atoms with Crippen LogP contribution in [0, 0.1) is 0 Å². The first-order chi connectivity index (χ1) is 14.0. The fraction of sp³-hybridized carbons (Fsp3) is 0.286. The van der Waals surface area contributed by atoms with Gasteiger partial charge in [0, 0.05) is 17.8 Å². The molecular formula is C21H25N3O5. The summed E-state index contributed by atoms with van der Waals surface area (Å²) in [5.41, 5.74) is 4.23. The van der Waals surface area contributed by atoms with Crippen LogP contribution in [0.3, 0.4) is 0 Å². The number of hydrogen-bond donors (Lipinski definition) is 2. The smallest absolute Gasteiger partial charge is 0.271 e. The molecule has 2 aromatic carbocycles. The maximum absolute atomic E-state index is 12.2. The van der Waals surface area contributed by atoms with Crippen LogP contribution in [0.1, 0.15) is 29.3 Å². The Morgan fingerprint density at radius 3 is 2.24 bits per heavy atom. The molecule has 0 heterocycles. The van der Waals surface area contributed by atoms with Gasteiger partial charge < -0.3 is 19.5 Å². The van der Waals surface area contributed by atoms with Gasteiger partial charge in [0.05, 0.1) is 27.8 Å². The maximum Gasteiger partial charge on any atom is 0.271 e. The maximum atomic E-state index is 12.2. The monoisotopic (exact) mass is 399 g/mol. The van der Waals surface area contributed by atoms with Crippen LogP contribution in [0.4, 0.5) is 0 Å². The number of methoxy groups -OCH3 is 3. The van der Waals surface area contributed by atoms with Gasteiger partial charge in [-0.25, -0.2) is 5.43 Å². The SMILES string of the molecule is COc1ccc(CNC(=O)C/C(C)=N/NC(=O)c2ccc(OC)c(OC)c2)cc1. The molecule has 8 heteroatoms. The van der Waals surface area contributed by atoms with Gasteiger partial charge in [0.2, 0.25) is 5.91 Å². The molecule has 0 atom stereocenters. The van der Waals surface area contributed by atoms with Crippen molar-refractivity contribution in [1.82, 2.24) is 10.7 Å². The number of nitrogens with one attached hydrogen (secondary N) is 2. The minimum atomic E-state index is -0.413. The zero-order valence-electron chi connectivity index (χ0n) is 16.9. The Kier molecular flexibility index (Phi) is 8.02. The van der Waals surface area contributed by atoms with Gasteiger partial charge in [-0.2, -0.15) is 5.10 Å².